The van der Waals surface area contributed by atoms with Gasteiger partial charge >= 0.3 is 0 Å². The molecule has 25 heavy (non-hydrogen) atoms. The van der Waals surface area contributed by atoms with E-state index < -0.39 is 0 Å². The van der Waals surface area contributed by atoms with Gasteiger partial charge in [-0.15, -0.1) is 0 Å². The average molecular weight is 333 g/mol. The summed E-state index contributed by atoms with van der Waals surface area (Å²) in [6.45, 7) is 3.02. The van der Waals surface area contributed by atoms with Crippen molar-refractivity contribution >= 4 is 11.9 Å². The number of hydrogen-bond donors (Lipinski definition) is 2. The molecule has 0 aliphatic heterocycles. The van der Waals surface area contributed by atoms with Crippen LogP contribution >= 0.6 is 0 Å². The molecule has 126 valence electrons. The van der Waals surface area contributed by atoms with Crippen LogP contribution in [-0.4, -0.2) is 20.9 Å². The van der Waals surface area contributed by atoms with Crippen LogP contribution in [0.2, 0.25) is 0 Å². The zero-order valence-electron chi connectivity index (χ0n) is 13.9. The molecule has 0 radical (unpaired) electrons. The molecule has 0 bridgehead atoms. The van der Waals surface area contributed by atoms with Gasteiger partial charge in [0.15, 0.2) is 0 Å². The highest BCUT2D eigenvalue weighted by atomic mass is 16.1. The molecule has 0 aliphatic carbocycles. The standard InChI is InChI=1S/C19H19N5O/c1-14-5-4-6-15(9-14)10-21-18(25)16-11-22-19(23-12-16)24-13-17-7-2-3-8-20-17/h2-9,11-12H,10,13H2,1H3,(H,21,25)(H,22,23,24). The summed E-state index contributed by atoms with van der Waals surface area (Å²) in [6.07, 6.45) is 4.76. The molecule has 0 atom stereocenters. The number of carbonyl (C=O) groups excluding carboxylic acids is 1. The van der Waals surface area contributed by atoms with Crippen molar-refractivity contribution in [3.05, 3.63) is 83.4 Å². The number of aryl methyl sites for hydroxylation is 1. The lowest BCUT2D eigenvalue weighted by Gasteiger charge is -2.07. The minimum absolute atomic E-state index is 0.196. The predicted octanol–water partition coefficient (Wildman–Crippen LogP) is 2.72. The molecule has 3 aromatic rings. The summed E-state index contributed by atoms with van der Waals surface area (Å²) in [4.78, 5) is 24.7. The fourth-order valence-electron chi connectivity index (χ4n) is 2.32. The summed E-state index contributed by atoms with van der Waals surface area (Å²) < 4.78 is 0. The Morgan fingerprint density at radius 3 is 2.56 bits per heavy atom. The molecule has 0 unspecified atom stereocenters. The van der Waals surface area contributed by atoms with Gasteiger partial charge in [0.25, 0.3) is 5.91 Å². The maximum Gasteiger partial charge on any atom is 0.254 e. The van der Waals surface area contributed by atoms with E-state index >= 15 is 0 Å². The molecule has 1 aromatic carbocycles. The van der Waals surface area contributed by atoms with Crippen LogP contribution in [0.1, 0.15) is 27.2 Å². The van der Waals surface area contributed by atoms with Crippen molar-refractivity contribution in [1.29, 1.82) is 0 Å². The van der Waals surface area contributed by atoms with E-state index in [1.165, 1.54) is 18.0 Å². The molecule has 0 spiro atoms. The molecule has 0 saturated carbocycles. The quantitative estimate of drug-likeness (QED) is 0.725. The van der Waals surface area contributed by atoms with Gasteiger partial charge in [-0.3, -0.25) is 9.78 Å². The monoisotopic (exact) mass is 333 g/mol. The topological polar surface area (TPSA) is 79.8 Å². The van der Waals surface area contributed by atoms with Crippen molar-refractivity contribution in [2.45, 2.75) is 20.0 Å². The lowest BCUT2D eigenvalue weighted by Crippen LogP contribution is -2.23. The van der Waals surface area contributed by atoms with Gasteiger partial charge in [0.1, 0.15) is 0 Å². The summed E-state index contributed by atoms with van der Waals surface area (Å²) in [5.74, 6) is 0.263. The van der Waals surface area contributed by atoms with Crippen LogP contribution in [0.3, 0.4) is 0 Å². The summed E-state index contributed by atoms with van der Waals surface area (Å²) in [7, 11) is 0. The Bertz CT molecular complexity index is 834. The lowest BCUT2D eigenvalue weighted by molar-refractivity contribution is 0.0950. The van der Waals surface area contributed by atoms with Gasteiger partial charge < -0.3 is 10.6 Å². The van der Waals surface area contributed by atoms with E-state index in [0.29, 0.717) is 24.6 Å². The van der Waals surface area contributed by atoms with Crippen molar-refractivity contribution in [1.82, 2.24) is 20.3 Å². The highest BCUT2D eigenvalue weighted by molar-refractivity contribution is 5.93. The van der Waals surface area contributed by atoms with Crippen molar-refractivity contribution in [3.63, 3.8) is 0 Å². The largest absolute Gasteiger partial charge is 0.349 e. The van der Waals surface area contributed by atoms with E-state index in [2.05, 4.69) is 25.6 Å². The van der Waals surface area contributed by atoms with Crippen molar-refractivity contribution in [2.24, 2.45) is 0 Å². The second-order valence-corrected chi connectivity index (χ2v) is 5.64. The van der Waals surface area contributed by atoms with E-state index in [0.717, 1.165) is 11.3 Å². The minimum atomic E-state index is -0.196. The fourth-order valence-corrected chi connectivity index (χ4v) is 2.32. The number of rotatable bonds is 6. The van der Waals surface area contributed by atoms with Crippen LogP contribution in [0.4, 0.5) is 5.95 Å². The SMILES string of the molecule is Cc1cccc(CNC(=O)c2cnc(NCc3ccccn3)nc2)c1. The second kappa shape index (κ2) is 8.01. The van der Waals surface area contributed by atoms with Crippen LogP contribution in [0.5, 0.6) is 0 Å². The maximum atomic E-state index is 12.2. The number of amides is 1. The molecule has 0 saturated heterocycles. The summed E-state index contributed by atoms with van der Waals surface area (Å²) in [5, 5.41) is 5.95. The minimum Gasteiger partial charge on any atom is -0.349 e. The number of pyridine rings is 1. The average Bonchev–Trinajstić information content (AvgIpc) is 2.66. The first kappa shape index (κ1) is 16.6. The predicted molar refractivity (Wildman–Crippen MR) is 95.9 cm³/mol. The number of carbonyl (C=O) groups is 1. The van der Waals surface area contributed by atoms with Crippen molar-refractivity contribution < 1.29 is 4.79 Å². The van der Waals surface area contributed by atoms with E-state index in [1.54, 1.807) is 6.20 Å². The van der Waals surface area contributed by atoms with Gasteiger partial charge in [-0.1, -0.05) is 35.9 Å². The van der Waals surface area contributed by atoms with Gasteiger partial charge in [-0.25, -0.2) is 9.97 Å². The Morgan fingerprint density at radius 2 is 1.84 bits per heavy atom. The molecular weight excluding hydrogens is 314 g/mol. The number of nitrogens with zero attached hydrogens (tertiary/aromatic N) is 3. The van der Waals surface area contributed by atoms with E-state index in [-0.39, 0.29) is 5.91 Å². The lowest BCUT2D eigenvalue weighted by atomic mass is 10.1. The van der Waals surface area contributed by atoms with Crippen molar-refractivity contribution in [2.75, 3.05) is 5.32 Å². The highest BCUT2D eigenvalue weighted by Gasteiger charge is 2.07. The first-order chi connectivity index (χ1) is 12.2. The molecule has 2 N–H and O–H groups in total. The number of nitrogens with one attached hydrogen (secondary N) is 2. The zero-order valence-corrected chi connectivity index (χ0v) is 13.9. The Morgan fingerprint density at radius 1 is 1.00 bits per heavy atom. The number of hydrogen-bond acceptors (Lipinski definition) is 5. The second-order valence-electron chi connectivity index (χ2n) is 5.64. The molecule has 0 aliphatic rings. The molecule has 2 aromatic heterocycles. The van der Waals surface area contributed by atoms with Gasteiger partial charge in [-0.05, 0) is 24.6 Å². The van der Waals surface area contributed by atoms with E-state index in [4.69, 9.17) is 0 Å². The zero-order chi connectivity index (χ0) is 17.5. The molecular formula is C19H19N5O. The van der Waals surface area contributed by atoms with Gasteiger partial charge in [0, 0.05) is 25.1 Å². The first-order valence-corrected chi connectivity index (χ1v) is 8.00. The molecule has 1 amide bonds. The number of benzene rings is 1. The third-order valence-corrected chi connectivity index (χ3v) is 3.60. The normalized spacial score (nSPS) is 10.3. The van der Waals surface area contributed by atoms with E-state index in [9.17, 15) is 4.79 Å². The Hall–Kier alpha value is -3.28. The Kier molecular flexibility index (Phi) is 5.31. The van der Waals surface area contributed by atoms with Crippen LogP contribution in [0, 0.1) is 6.92 Å². The third-order valence-electron chi connectivity index (χ3n) is 3.60. The van der Waals surface area contributed by atoms with E-state index in [1.807, 2.05) is 49.4 Å². The fraction of sp³-hybridized carbons (Fsp3) is 0.158. The number of anilines is 1. The van der Waals surface area contributed by atoms with Gasteiger partial charge in [-0.2, -0.15) is 0 Å². The summed E-state index contributed by atoms with van der Waals surface area (Å²) in [5.41, 5.74) is 3.54. The molecule has 0 fully saturated rings. The first-order valence-electron chi connectivity index (χ1n) is 8.00. The number of aromatic nitrogens is 3. The Labute approximate surface area is 146 Å². The summed E-state index contributed by atoms with van der Waals surface area (Å²) >= 11 is 0. The maximum absolute atomic E-state index is 12.2. The van der Waals surface area contributed by atoms with Crippen LogP contribution in [0.15, 0.2) is 61.1 Å². The highest BCUT2D eigenvalue weighted by Crippen LogP contribution is 2.05. The smallest absolute Gasteiger partial charge is 0.254 e. The van der Waals surface area contributed by atoms with Gasteiger partial charge in [0.05, 0.1) is 17.8 Å². The molecule has 6 heteroatoms. The van der Waals surface area contributed by atoms with Crippen LogP contribution in [-0.2, 0) is 13.1 Å². The summed E-state index contributed by atoms with van der Waals surface area (Å²) in [6, 6.07) is 13.7. The molecule has 6 nitrogen and oxygen atoms in total. The Balaban J connectivity index is 1.53. The van der Waals surface area contributed by atoms with Gasteiger partial charge in [0.2, 0.25) is 5.95 Å². The van der Waals surface area contributed by atoms with Crippen LogP contribution < -0.4 is 10.6 Å². The molecule has 3 rings (SSSR count). The van der Waals surface area contributed by atoms with Crippen LogP contribution in [0.25, 0.3) is 0 Å². The molecule has 2 heterocycles. The third kappa shape index (κ3) is 4.84. The van der Waals surface area contributed by atoms with Crippen molar-refractivity contribution in [3.8, 4) is 0 Å².